The molecule has 0 unspecified atom stereocenters. The van der Waals surface area contributed by atoms with Crippen molar-refractivity contribution < 1.29 is 9.63 Å². The van der Waals surface area contributed by atoms with Crippen LogP contribution in [0.2, 0.25) is 15.1 Å². The van der Waals surface area contributed by atoms with Gasteiger partial charge < -0.3 is 9.74 Å². The van der Waals surface area contributed by atoms with Crippen LogP contribution in [0.5, 0.6) is 5.75 Å². The molecular weight excluding hydrogens is 274 g/mol. The first-order valence-corrected chi connectivity index (χ1v) is 5.34. The second kappa shape index (κ2) is 5.48. The van der Waals surface area contributed by atoms with E-state index in [0.29, 0.717) is 10.0 Å². The normalized spacial score (nSPS) is 9.81. The fourth-order valence-corrected chi connectivity index (χ4v) is 1.35. The SMILES string of the molecule is CN(C)C(=O)NOc1cc(Cl)c(Cl)cc1Cl. The van der Waals surface area contributed by atoms with Crippen LogP contribution in [0.1, 0.15) is 0 Å². The Bertz CT molecular complexity index is 410. The third-order valence-corrected chi connectivity index (χ3v) is 2.65. The minimum absolute atomic E-state index is 0.228. The van der Waals surface area contributed by atoms with Crippen molar-refractivity contribution in [1.29, 1.82) is 0 Å². The van der Waals surface area contributed by atoms with Crippen LogP contribution in [-0.2, 0) is 0 Å². The Morgan fingerprint density at radius 1 is 1.19 bits per heavy atom. The number of nitrogens with zero attached hydrogens (tertiary/aromatic N) is 1. The minimum atomic E-state index is -0.415. The monoisotopic (exact) mass is 282 g/mol. The summed E-state index contributed by atoms with van der Waals surface area (Å²) in [6.07, 6.45) is 0. The standard InChI is InChI=1S/C9H9Cl3N2O2/c1-14(2)9(15)13-16-8-4-6(11)5(10)3-7(8)12/h3-4H,1-2H3,(H,13,15). The molecule has 0 aromatic heterocycles. The molecule has 1 aromatic carbocycles. The molecule has 0 saturated heterocycles. The highest BCUT2D eigenvalue weighted by Gasteiger charge is 2.09. The van der Waals surface area contributed by atoms with E-state index in [9.17, 15) is 4.79 Å². The molecule has 16 heavy (non-hydrogen) atoms. The molecule has 0 atom stereocenters. The molecule has 1 N–H and O–H groups in total. The summed E-state index contributed by atoms with van der Waals surface area (Å²) in [5.74, 6) is 0.228. The van der Waals surface area contributed by atoms with Crippen LogP contribution in [-0.4, -0.2) is 25.0 Å². The average molecular weight is 284 g/mol. The Morgan fingerprint density at radius 2 is 1.75 bits per heavy atom. The van der Waals surface area contributed by atoms with E-state index in [0.717, 1.165) is 0 Å². The van der Waals surface area contributed by atoms with Gasteiger partial charge in [0.1, 0.15) is 0 Å². The fourth-order valence-electron chi connectivity index (χ4n) is 0.772. The van der Waals surface area contributed by atoms with Gasteiger partial charge in [-0.25, -0.2) is 4.79 Å². The third-order valence-electron chi connectivity index (χ3n) is 1.63. The molecule has 0 heterocycles. The summed E-state index contributed by atoms with van der Waals surface area (Å²) in [6, 6.07) is 2.44. The number of carbonyl (C=O) groups excluding carboxylic acids is 1. The maximum atomic E-state index is 11.2. The zero-order valence-corrected chi connectivity index (χ0v) is 10.8. The number of hydroxylamine groups is 1. The molecule has 0 bridgehead atoms. The van der Waals surface area contributed by atoms with Crippen molar-refractivity contribution in [3.63, 3.8) is 0 Å². The quantitative estimate of drug-likeness (QED) is 0.669. The number of benzene rings is 1. The molecule has 4 nitrogen and oxygen atoms in total. The lowest BCUT2D eigenvalue weighted by molar-refractivity contribution is 0.157. The maximum absolute atomic E-state index is 11.2. The van der Waals surface area contributed by atoms with Crippen LogP contribution in [0, 0.1) is 0 Å². The maximum Gasteiger partial charge on any atom is 0.349 e. The lowest BCUT2D eigenvalue weighted by Crippen LogP contribution is -2.36. The first-order chi connectivity index (χ1) is 7.41. The Kier molecular flexibility index (Phi) is 4.53. The Morgan fingerprint density at radius 3 is 2.31 bits per heavy atom. The molecule has 1 rings (SSSR count). The van der Waals surface area contributed by atoms with Crippen molar-refractivity contribution in [2.45, 2.75) is 0 Å². The fraction of sp³-hybridized carbons (Fsp3) is 0.222. The number of carbonyl (C=O) groups is 1. The van der Waals surface area contributed by atoms with Crippen LogP contribution in [0.15, 0.2) is 12.1 Å². The van der Waals surface area contributed by atoms with Crippen molar-refractivity contribution in [3.8, 4) is 5.75 Å². The van der Waals surface area contributed by atoms with Crippen molar-refractivity contribution in [2.75, 3.05) is 14.1 Å². The smallest absolute Gasteiger partial charge is 0.349 e. The summed E-state index contributed by atoms with van der Waals surface area (Å²) >= 11 is 17.3. The van der Waals surface area contributed by atoms with E-state index >= 15 is 0 Å². The number of urea groups is 1. The zero-order valence-electron chi connectivity index (χ0n) is 8.55. The van der Waals surface area contributed by atoms with Crippen LogP contribution in [0.3, 0.4) is 0 Å². The predicted octanol–water partition coefficient (Wildman–Crippen LogP) is 3.21. The molecule has 0 aliphatic carbocycles. The molecule has 0 spiro atoms. The van der Waals surface area contributed by atoms with Crippen molar-refractivity contribution in [2.24, 2.45) is 0 Å². The van der Waals surface area contributed by atoms with E-state index in [1.807, 2.05) is 0 Å². The van der Waals surface area contributed by atoms with Crippen LogP contribution >= 0.6 is 34.8 Å². The van der Waals surface area contributed by atoms with Gasteiger partial charge in [0, 0.05) is 20.2 Å². The molecule has 0 saturated carbocycles. The van der Waals surface area contributed by atoms with Crippen LogP contribution in [0.4, 0.5) is 4.79 Å². The van der Waals surface area contributed by atoms with Crippen molar-refractivity contribution in [3.05, 3.63) is 27.2 Å². The summed E-state index contributed by atoms with van der Waals surface area (Å²) in [5, 5.41) is 0.867. The molecule has 0 fully saturated rings. The largest absolute Gasteiger partial charge is 0.376 e. The Balaban J connectivity index is 2.75. The average Bonchev–Trinajstić information content (AvgIpc) is 2.20. The Hall–Kier alpha value is -0.840. The summed E-state index contributed by atoms with van der Waals surface area (Å²) < 4.78 is 0. The van der Waals surface area contributed by atoms with Gasteiger partial charge in [-0.1, -0.05) is 34.8 Å². The lowest BCUT2D eigenvalue weighted by atomic mass is 10.3. The van der Waals surface area contributed by atoms with Gasteiger partial charge in [0.15, 0.2) is 5.75 Å². The summed E-state index contributed by atoms with van der Waals surface area (Å²) in [5.41, 5.74) is 2.19. The number of hydrogen-bond donors (Lipinski definition) is 1. The van der Waals surface area contributed by atoms with Gasteiger partial charge in [-0.3, -0.25) is 0 Å². The highest BCUT2D eigenvalue weighted by atomic mass is 35.5. The van der Waals surface area contributed by atoms with E-state index in [4.69, 9.17) is 39.6 Å². The van der Waals surface area contributed by atoms with Crippen LogP contribution in [0.25, 0.3) is 0 Å². The molecular formula is C9H9Cl3N2O2. The van der Waals surface area contributed by atoms with Crippen molar-refractivity contribution in [1.82, 2.24) is 10.4 Å². The van der Waals surface area contributed by atoms with Gasteiger partial charge in [0.25, 0.3) is 0 Å². The first kappa shape index (κ1) is 13.2. The minimum Gasteiger partial charge on any atom is -0.376 e. The highest BCUT2D eigenvalue weighted by molar-refractivity contribution is 6.43. The number of rotatable bonds is 2. The van der Waals surface area contributed by atoms with E-state index in [-0.39, 0.29) is 10.8 Å². The lowest BCUT2D eigenvalue weighted by Gasteiger charge is -2.13. The second-order valence-electron chi connectivity index (χ2n) is 3.10. The van der Waals surface area contributed by atoms with Gasteiger partial charge >= 0.3 is 6.03 Å². The number of nitrogens with one attached hydrogen (secondary N) is 1. The zero-order chi connectivity index (χ0) is 12.3. The van der Waals surface area contributed by atoms with Gasteiger partial charge in [-0.2, -0.15) is 5.48 Å². The molecule has 0 aliphatic heterocycles. The van der Waals surface area contributed by atoms with Crippen molar-refractivity contribution >= 4 is 40.8 Å². The van der Waals surface area contributed by atoms with E-state index in [1.54, 1.807) is 14.1 Å². The molecule has 2 amide bonds. The second-order valence-corrected chi connectivity index (χ2v) is 4.32. The third kappa shape index (κ3) is 3.33. The number of hydrogen-bond acceptors (Lipinski definition) is 2. The van der Waals surface area contributed by atoms with E-state index < -0.39 is 6.03 Å². The first-order valence-electron chi connectivity index (χ1n) is 4.20. The summed E-state index contributed by atoms with van der Waals surface area (Å²) in [6.45, 7) is 0. The molecule has 7 heteroatoms. The van der Waals surface area contributed by atoms with Crippen LogP contribution < -0.4 is 10.3 Å². The topological polar surface area (TPSA) is 41.6 Å². The van der Waals surface area contributed by atoms with Gasteiger partial charge in [-0.05, 0) is 6.07 Å². The van der Waals surface area contributed by atoms with E-state index in [2.05, 4.69) is 5.48 Å². The number of halogens is 3. The molecule has 88 valence electrons. The van der Waals surface area contributed by atoms with E-state index in [1.165, 1.54) is 17.0 Å². The molecule has 1 aromatic rings. The highest BCUT2D eigenvalue weighted by Crippen LogP contribution is 2.33. The van der Waals surface area contributed by atoms with Gasteiger partial charge in [-0.15, -0.1) is 0 Å². The van der Waals surface area contributed by atoms with Gasteiger partial charge in [0.05, 0.1) is 15.1 Å². The molecule has 0 radical (unpaired) electrons. The van der Waals surface area contributed by atoms with Gasteiger partial charge in [0.2, 0.25) is 0 Å². The summed E-state index contributed by atoms with van der Waals surface area (Å²) in [7, 11) is 3.16. The molecule has 0 aliphatic rings. The summed E-state index contributed by atoms with van der Waals surface area (Å²) in [4.78, 5) is 17.5. The Labute approximate surface area is 108 Å². The predicted molar refractivity (Wildman–Crippen MR) is 64.3 cm³/mol. The number of amides is 2.